The number of nitrogens with one attached hydrogen (secondary N) is 2. The van der Waals surface area contributed by atoms with Gasteiger partial charge in [0.1, 0.15) is 17.5 Å². The van der Waals surface area contributed by atoms with Gasteiger partial charge in [-0.2, -0.15) is 10.4 Å². The molecule has 0 saturated carbocycles. The zero-order valence-electron chi connectivity index (χ0n) is 15.1. The molecule has 4 rings (SSSR count). The number of carbonyl (C=O) groups excluding carboxylic acids is 1. The van der Waals surface area contributed by atoms with Crippen LogP contribution in [0.25, 0.3) is 17.3 Å². The summed E-state index contributed by atoms with van der Waals surface area (Å²) in [5.74, 6) is 0.406. The maximum Gasteiger partial charge on any atom is 0.262 e. The first kappa shape index (κ1) is 18.3. The van der Waals surface area contributed by atoms with Crippen molar-refractivity contribution in [2.75, 3.05) is 6.79 Å². The summed E-state index contributed by atoms with van der Waals surface area (Å²) in [7, 11) is 0. The van der Waals surface area contributed by atoms with Crippen molar-refractivity contribution in [1.82, 2.24) is 15.5 Å². The number of carbonyl (C=O) groups is 1. The second-order valence-electron chi connectivity index (χ2n) is 6.25. The normalized spacial score (nSPS) is 12.5. The number of rotatable bonds is 5. The van der Waals surface area contributed by atoms with E-state index in [0.717, 1.165) is 5.56 Å². The molecule has 0 atom stereocenters. The number of hydrogen-bond acceptors (Lipinski definition) is 5. The molecule has 2 N–H and O–H groups in total. The van der Waals surface area contributed by atoms with Gasteiger partial charge in [0.25, 0.3) is 5.91 Å². The maximum atomic E-state index is 13.1. The van der Waals surface area contributed by atoms with Gasteiger partial charge in [0, 0.05) is 17.7 Å². The number of halogens is 1. The van der Waals surface area contributed by atoms with E-state index in [4.69, 9.17) is 9.47 Å². The molecule has 0 radical (unpaired) electrons. The van der Waals surface area contributed by atoms with E-state index in [1.54, 1.807) is 24.3 Å². The fraction of sp³-hybridized carbons (Fsp3) is 0.0952. The van der Waals surface area contributed by atoms with Crippen LogP contribution in [0.2, 0.25) is 0 Å². The zero-order chi connectivity index (χ0) is 20.2. The number of ether oxygens (including phenoxy) is 2. The predicted octanol–water partition coefficient (Wildman–Crippen LogP) is 3.17. The van der Waals surface area contributed by atoms with Crippen molar-refractivity contribution in [1.29, 1.82) is 5.26 Å². The van der Waals surface area contributed by atoms with Crippen LogP contribution in [0.5, 0.6) is 11.5 Å². The van der Waals surface area contributed by atoms with Gasteiger partial charge in [-0.15, -0.1) is 0 Å². The standard InChI is InChI=1S/C21H15FN4O3/c22-17-4-2-14(3-5-17)20-16(11-25-26-20)8-15(9-23)21(27)24-10-13-1-6-18-19(7-13)29-12-28-18/h1-8,11H,10,12H2,(H,24,27)(H,25,26). The van der Waals surface area contributed by atoms with Crippen LogP contribution in [0.15, 0.2) is 54.2 Å². The molecule has 2 aromatic carbocycles. The molecule has 29 heavy (non-hydrogen) atoms. The Labute approximate surface area is 165 Å². The third-order valence-electron chi connectivity index (χ3n) is 4.36. The number of benzene rings is 2. The number of nitriles is 1. The van der Waals surface area contributed by atoms with E-state index in [9.17, 15) is 14.4 Å². The fourth-order valence-electron chi connectivity index (χ4n) is 2.89. The Hall–Kier alpha value is -4.12. The molecule has 1 aliphatic rings. The van der Waals surface area contributed by atoms with E-state index in [-0.39, 0.29) is 24.7 Å². The highest BCUT2D eigenvalue weighted by Crippen LogP contribution is 2.32. The number of aromatic nitrogens is 2. The Morgan fingerprint density at radius 1 is 1.24 bits per heavy atom. The highest BCUT2D eigenvalue weighted by atomic mass is 19.1. The van der Waals surface area contributed by atoms with Crippen molar-refractivity contribution in [3.8, 4) is 28.8 Å². The third-order valence-corrected chi connectivity index (χ3v) is 4.36. The highest BCUT2D eigenvalue weighted by molar-refractivity contribution is 6.02. The van der Waals surface area contributed by atoms with Gasteiger partial charge < -0.3 is 14.8 Å². The zero-order valence-corrected chi connectivity index (χ0v) is 15.1. The molecule has 0 spiro atoms. The Balaban J connectivity index is 1.49. The molecule has 0 fully saturated rings. The van der Waals surface area contributed by atoms with Crippen molar-refractivity contribution >= 4 is 12.0 Å². The van der Waals surface area contributed by atoms with Crippen LogP contribution in [-0.2, 0) is 11.3 Å². The average Bonchev–Trinajstić information content (AvgIpc) is 3.39. The Morgan fingerprint density at radius 2 is 2.03 bits per heavy atom. The van der Waals surface area contributed by atoms with Crippen LogP contribution in [0, 0.1) is 17.1 Å². The molecular weight excluding hydrogens is 375 g/mol. The Bertz CT molecular complexity index is 1130. The topological polar surface area (TPSA) is 100 Å². The van der Waals surface area contributed by atoms with Crippen LogP contribution < -0.4 is 14.8 Å². The van der Waals surface area contributed by atoms with Gasteiger partial charge in [-0.25, -0.2) is 4.39 Å². The third kappa shape index (κ3) is 3.94. The van der Waals surface area contributed by atoms with E-state index in [1.807, 2.05) is 12.1 Å². The summed E-state index contributed by atoms with van der Waals surface area (Å²) in [5, 5.41) is 18.9. The van der Waals surface area contributed by atoms with E-state index in [2.05, 4.69) is 15.5 Å². The van der Waals surface area contributed by atoms with Crippen molar-refractivity contribution in [2.45, 2.75) is 6.54 Å². The minimum atomic E-state index is -0.517. The molecule has 0 bridgehead atoms. The van der Waals surface area contributed by atoms with E-state index < -0.39 is 5.91 Å². The molecule has 7 nitrogen and oxygen atoms in total. The summed E-state index contributed by atoms with van der Waals surface area (Å²) in [5.41, 5.74) is 2.56. The first-order valence-corrected chi connectivity index (χ1v) is 8.72. The minimum absolute atomic E-state index is 0.0736. The monoisotopic (exact) mass is 390 g/mol. The average molecular weight is 390 g/mol. The molecule has 1 aliphatic heterocycles. The molecule has 0 aliphatic carbocycles. The lowest BCUT2D eigenvalue weighted by atomic mass is 10.1. The molecule has 2 heterocycles. The summed E-state index contributed by atoms with van der Waals surface area (Å²) in [6, 6.07) is 13.1. The maximum absolute atomic E-state index is 13.1. The summed E-state index contributed by atoms with van der Waals surface area (Å²) >= 11 is 0. The molecule has 3 aromatic rings. The second-order valence-corrected chi connectivity index (χ2v) is 6.25. The number of amides is 1. The number of nitrogens with zero attached hydrogens (tertiary/aromatic N) is 2. The van der Waals surface area contributed by atoms with E-state index >= 15 is 0 Å². The number of H-pyrrole nitrogens is 1. The molecule has 1 aromatic heterocycles. The van der Waals surface area contributed by atoms with Gasteiger partial charge in [-0.1, -0.05) is 6.07 Å². The quantitative estimate of drug-likeness (QED) is 0.515. The smallest absolute Gasteiger partial charge is 0.262 e. The molecule has 0 saturated heterocycles. The van der Waals surface area contributed by atoms with Crippen LogP contribution in [0.1, 0.15) is 11.1 Å². The number of hydrogen-bond donors (Lipinski definition) is 2. The Morgan fingerprint density at radius 3 is 2.83 bits per heavy atom. The summed E-state index contributed by atoms with van der Waals surface area (Å²) < 4.78 is 23.7. The van der Waals surface area contributed by atoms with Crippen molar-refractivity contribution in [3.63, 3.8) is 0 Å². The predicted molar refractivity (Wildman–Crippen MR) is 102 cm³/mol. The summed E-state index contributed by atoms with van der Waals surface area (Å²) in [6.07, 6.45) is 2.94. The van der Waals surface area contributed by atoms with Gasteiger partial charge >= 0.3 is 0 Å². The first-order chi connectivity index (χ1) is 14.1. The second kappa shape index (κ2) is 7.86. The van der Waals surface area contributed by atoms with Crippen LogP contribution >= 0.6 is 0 Å². The van der Waals surface area contributed by atoms with Crippen molar-refractivity contribution in [3.05, 3.63) is 71.2 Å². The minimum Gasteiger partial charge on any atom is -0.454 e. The fourth-order valence-corrected chi connectivity index (χ4v) is 2.89. The van der Waals surface area contributed by atoms with Gasteiger partial charge in [-0.3, -0.25) is 9.89 Å². The number of fused-ring (bicyclic) bond motifs is 1. The van der Waals surface area contributed by atoms with Gasteiger partial charge in [0.2, 0.25) is 6.79 Å². The summed E-state index contributed by atoms with van der Waals surface area (Å²) in [6.45, 7) is 0.401. The SMILES string of the molecule is N#CC(=Cc1cn[nH]c1-c1ccc(F)cc1)C(=O)NCc1ccc2c(c1)OCO2. The molecule has 144 valence electrons. The first-order valence-electron chi connectivity index (χ1n) is 8.72. The molecule has 8 heteroatoms. The van der Waals surface area contributed by atoms with Gasteiger partial charge in [0.05, 0.1) is 11.9 Å². The van der Waals surface area contributed by atoms with Gasteiger partial charge in [-0.05, 0) is 48.0 Å². The molecule has 1 amide bonds. The number of aromatic amines is 1. The lowest BCUT2D eigenvalue weighted by Gasteiger charge is -2.06. The summed E-state index contributed by atoms with van der Waals surface area (Å²) in [4.78, 5) is 12.5. The lowest BCUT2D eigenvalue weighted by molar-refractivity contribution is -0.117. The van der Waals surface area contributed by atoms with Crippen LogP contribution in [-0.4, -0.2) is 22.9 Å². The van der Waals surface area contributed by atoms with E-state index in [1.165, 1.54) is 24.4 Å². The largest absolute Gasteiger partial charge is 0.454 e. The Kier molecular flexibility index (Phi) is 4.95. The van der Waals surface area contributed by atoms with Crippen LogP contribution in [0.4, 0.5) is 4.39 Å². The molecular formula is C21H15FN4O3. The molecule has 0 unspecified atom stereocenters. The van der Waals surface area contributed by atoms with Crippen molar-refractivity contribution in [2.24, 2.45) is 0 Å². The highest BCUT2D eigenvalue weighted by Gasteiger charge is 2.15. The van der Waals surface area contributed by atoms with Crippen molar-refractivity contribution < 1.29 is 18.7 Å². The van der Waals surface area contributed by atoms with E-state index in [0.29, 0.717) is 28.3 Å². The van der Waals surface area contributed by atoms with Gasteiger partial charge in [0.15, 0.2) is 11.5 Å². The van der Waals surface area contributed by atoms with Crippen LogP contribution in [0.3, 0.4) is 0 Å². The lowest BCUT2D eigenvalue weighted by Crippen LogP contribution is -2.23.